The molecule has 0 amide bonds. The van der Waals surface area contributed by atoms with Crippen molar-refractivity contribution in [3.05, 3.63) is 0 Å². The maximum atomic E-state index is 10.7. The van der Waals surface area contributed by atoms with Gasteiger partial charge in [-0.1, -0.05) is 0 Å². The second kappa shape index (κ2) is 9.25. The lowest BCUT2D eigenvalue weighted by Gasteiger charge is -2.12. The van der Waals surface area contributed by atoms with Crippen molar-refractivity contribution < 1.29 is 19.4 Å². The van der Waals surface area contributed by atoms with E-state index in [9.17, 15) is 9.59 Å². The van der Waals surface area contributed by atoms with Gasteiger partial charge in [0.25, 0.3) is 0 Å². The number of nitrogens with zero attached hydrogens (tertiary/aromatic N) is 2. The van der Waals surface area contributed by atoms with Crippen molar-refractivity contribution >= 4 is 11.6 Å². The lowest BCUT2D eigenvalue weighted by molar-refractivity contribution is -0.118. The van der Waals surface area contributed by atoms with E-state index in [2.05, 4.69) is 4.90 Å². The summed E-state index contributed by atoms with van der Waals surface area (Å²) in [7, 11) is 1.72. The number of aliphatic hydroxyl groups is 1. The van der Waals surface area contributed by atoms with Crippen molar-refractivity contribution in [2.75, 3.05) is 46.4 Å². The number of likely N-dealkylation sites (tertiary alicyclic amines) is 2. The first kappa shape index (κ1) is 18.2. The molecule has 21 heavy (non-hydrogen) atoms. The molecular weight excluding hydrogens is 272 g/mol. The maximum absolute atomic E-state index is 10.7. The van der Waals surface area contributed by atoms with E-state index in [1.807, 2.05) is 4.90 Å². The summed E-state index contributed by atoms with van der Waals surface area (Å²) >= 11 is 0. The van der Waals surface area contributed by atoms with Gasteiger partial charge >= 0.3 is 0 Å². The van der Waals surface area contributed by atoms with Crippen LogP contribution < -0.4 is 0 Å². The van der Waals surface area contributed by atoms with Gasteiger partial charge in [0.15, 0.2) is 0 Å². The smallest absolute Gasteiger partial charge is 0.143 e. The Morgan fingerprint density at radius 1 is 1.05 bits per heavy atom. The molecule has 0 bridgehead atoms. The van der Waals surface area contributed by atoms with Crippen LogP contribution in [0.5, 0.6) is 0 Å². The summed E-state index contributed by atoms with van der Waals surface area (Å²) in [5, 5.41) is 9.06. The molecule has 0 spiro atoms. The van der Waals surface area contributed by atoms with Crippen LogP contribution in [0.3, 0.4) is 0 Å². The monoisotopic (exact) mass is 300 g/mol. The normalized spacial score (nSPS) is 26.5. The molecule has 0 unspecified atom stereocenters. The Balaban J connectivity index is 0.000000211. The van der Waals surface area contributed by atoms with Crippen LogP contribution in [0.2, 0.25) is 0 Å². The molecule has 2 aliphatic heterocycles. The van der Waals surface area contributed by atoms with Gasteiger partial charge in [-0.2, -0.15) is 0 Å². The van der Waals surface area contributed by atoms with Crippen molar-refractivity contribution in [1.29, 1.82) is 0 Å². The van der Waals surface area contributed by atoms with Gasteiger partial charge < -0.3 is 9.84 Å². The van der Waals surface area contributed by atoms with E-state index in [1.165, 1.54) is 0 Å². The van der Waals surface area contributed by atoms with Crippen molar-refractivity contribution in [2.45, 2.75) is 38.9 Å². The standard InChI is InChI=1S/C8H15NO2.C7H13NO2/c1-7(10)5-9-4-3-8(6-9)11-2;1-6(9)4-8-3-2-7(10)5-8/h8H,3-6H2,1-2H3;7,10H,2-5H2,1H3/t8-;7-/m01/s1. The molecule has 1 N–H and O–H groups in total. The van der Waals surface area contributed by atoms with Crippen LogP contribution in [0.4, 0.5) is 0 Å². The molecule has 6 heteroatoms. The molecule has 2 saturated heterocycles. The lowest BCUT2D eigenvalue weighted by atomic mass is 10.3. The predicted octanol–water partition coefficient (Wildman–Crippen LogP) is -0.0619. The zero-order chi connectivity index (χ0) is 15.8. The number of ketones is 2. The Bertz CT molecular complexity index is 349. The molecule has 2 aliphatic rings. The number of methoxy groups -OCH3 is 1. The Labute approximate surface area is 127 Å². The van der Waals surface area contributed by atoms with E-state index in [4.69, 9.17) is 9.84 Å². The summed E-state index contributed by atoms with van der Waals surface area (Å²) in [4.78, 5) is 25.4. The number of aliphatic hydroxyl groups excluding tert-OH is 1. The fourth-order valence-corrected chi connectivity index (χ4v) is 2.72. The highest BCUT2D eigenvalue weighted by molar-refractivity contribution is 5.77. The zero-order valence-electron chi connectivity index (χ0n) is 13.4. The Hall–Kier alpha value is -0.820. The molecule has 0 aliphatic carbocycles. The second-order valence-corrected chi connectivity index (χ2v) is 5.96. The number of β-amino-alcohol motifs (C(OH)–C–C–N with tert-alkyl or cyclic N) is 1. The van der Waals surface area contributed by atoms with Gasteiger partial charge in [-0.05, 0) is 26.7 Å². The maximum Gasteiger partial charge on any atom is 0.143 e. The summed E-state index contributed by atoms with van der Waals surface area (Å²) in [6.07, 6.45) is 2.01. The van der Waals surface area contributed by atoms with Crippen LogP contribution in [0, 0.1) is 0 Å². The molecule has 2 atom stereocenters. The molecule has 0 radical (unpaired) electrons. The Morgan fingerprint density at radius 2 is 1.57 bits per heavy atom. The van der Waals surface area contributed by atoms with E-state index in [0.717, 1.165) is 32.5 Å². The number of ether oxygens (including phenoxy) is 1. The van der Waals surface area contributed by atoms with E-state index in [1.54, 1.807) is 21.0 Å². The topological polar surface area (TPSA) is 70.1 Å². The average molecular weight is 300 g/mol. The highest BCUT2D eigenvalue weighted by atomic mass is 16.5. The number of carbonyl (C=O) groups excluding carboxylic acids is 2. The number of hydrogen-bond acceptors (Lipinski definition) is 6. The Kier molecular flexibility index (Phi) is 8.03. The van der Waals surface area contributed by atoms with Gasteiger partial charge in [-0.15, -0.1) is 0 Å². The minimum absolute atomic E-state index is 0.175. The number of Topliss-reactive ketones (excluding diaryl/α,β-unsaturated/α-hetero) is 2. The number of hydrogen-bond donors (Lipinski definition) is 1. The third kappa shape index (κ3) is 7.66. The summed E-state index contributed by atoms with van der Waals surface area (Å²) < 4.78 is 5.17. The van der Waals surface area contributed by atoms with Gasteiger partial charge in [0, 0.05) is 33.3 Å². The molecular formula is C15H28N2O4. The second-order valence-electron chi connectivity index (χ2n) is 5.96. The molecule has 0 aromatic rings. The first-order chi connectivity index (χ1) is 9.90. The minimum atomic E-state index is -0.209. The first-order valence-electron chi connectivity index (χ1n) is 7.55. The van der Waals surface area contributed by atoms with Crippen LogP contribution in [0.1, 0.15) is 26.7 Å². The molecule has 2 heterocycles. The minimum Gasteiger partial charge on any atom is -0.392 e. The molecule has 0 aromatic carbocycles. The largest absolute Gasteiger partial charge is 0.392 e. The molecule has 0 saturated carbocycles. The first-order valence-corrected chi connectivity index (χ1v) is 7.55. The lowest BCUT2D eigenvalue weighted by Crippen LogP contribution is -2.27. The summed E-state index contributed by atoms with van der Waals surface area (Å²) in [6.45, 7) is 7.72. The van der Waals surface area contributed by atoms with Crippen LogP contribution in [-0.4, -0.2) is 85.1 Å². The van der Waals surface area contributed by atoms with Crippen LogP contribution in [0.25, 0.3) is 0 Å². The molecule has 122 valence electrons. The van der Waals surface area contributed by atoms with Crippen molar-refractivity contribution in [1.82, 2.24) is 9.80 Å². The highest BCUT2D eigenvalue weighted by Gasteiger charge is 2.22. The van der Waals surface area contributed by atoms with Crippen molar-refractivity contribution in [3.8, 4) is 0 Å². The van der Waals surface area contributed by atoms with Gasteiger partial charge in [-0.3, -0.25) is 19.4 Å². The van der Waals surface area contributed by atoms with Crippen molar-refractivity contribution in [2.24, 2.45) is 0 Å². The molecule has 2 fully saturated rings. The number of carbonyl (C=O) groups is 2. The van der Waals surface area contributed by atoms with Crippen molar-refractivity contribution in [3.63, 3.8) is 0 Å². The van der Waals surface area contributed by atoms with Crippen LogP contribution >= 0.6 is 0 Å². The summed E-state index contributed by atoms with van der Waals surface area (Å²) in [6, 6.07) is 0. The predicted molar refractivity (Wildman–Crippen MR) is 80.3 cm³/mol. The van der Waals surface area contributed by atoms with Gasteiger partial charge in [0.05, 0.1) is 25.3 Å². The molecule has 2 rings (SSSR count). The van der Waals surface area contributed by atoms with Gasteiger partial charge in [0.2, 0.25) is 0 Å². The summed E-state index contributed by atoms with van der Waals surface area (Å²) in [5.41, 5.74) is 0. The number of rotatable bonds is 5. The third-order valence-corrected chi connectivity index (χ3v) is 3.70. The SMILES string of the molecule is CC(=O)CN1CC[C@@H](O)C1.CO[C@H]1CCN(CC(C)=O)C1. The molecule has 0 aromatic heterocycles. The van der Waals surface area contributed by atoms with Crippen LogP contribution in [-0.2, 0) is 14.3 Å². The Morgan fingerprint density at radius 3 is 1.95 bits per heavy atom. The van der Waals surface area contributed by atoms with Crippen LogP contribution in [0.15, 0.2) is 0 Å². The average Bonchev–Trinajstić information content (AvgIpc) is 2.98. The van der Waals surface area contributed by atoms with E-state index < -0.39 is 0 Å². The summed E-state index contributed by atoms with van der Waals surface area (Å²) in [5.74, 6) is 0.413. The van der Waals surface area contributed by atoms with E-state index in [-0.39, 0.29) is 17.7 Å². The third-order valence-electron chi connectivity index (χ3n) is 3.70. The van der Waals surface area contributed by atoms with Gasteiger partial charge in [0.1, 0.15) is 11.6 Å². The fourth-order valence-electron chi connectivity index (χ4n) is 2.72. The highest BCUT2D eigenvalue weighted by Crippen LogP contribution is 2.10. The molecule has 6 nitrogen and oxygen atoms in total. The van der Waals surface area contributed by atoms with E-state index in [0.29, 0.717) is 25.7 Å². The van der Waals surface area contributed by atoms with Gasteiger partial charge in [-0.25, -0.2) is 0 Å². The van der Waals surface area contributed by atoms with E-state index >= 15 is 0 Å². The zero-order valence-corrected chi connectivity index (χ0v) is 13.4. The quantitative estimate of drug-likeness (QED) is 0.767. The fraction of sp³-hybridized carbons (Fsp3) is 0.867.